The molecule has 1 aliphatic carbocycles. The molecule has 2 rings (SSSR count). The van der Waals surface area contributed by atoms with E-state index in [-0.39, 0.29) is 5.91 Å². The fourth-order valence-corrected chi connectivity index (χ4v) is 2.07. The minimum atomic E-state index is -0.140. The summed E-state index contributed by atoms with van der Waals surface area (Å²) in [5.41, 5.74) is 2.67. The summed E-state index contributed by atoms with van der Waals surface area (Å²) in [5.74, 6) is -0.140. The number of aryl methyl sites for hydroxylation is 1. The molecule has 1 aromatic heterocycles. The Kier molecular flexibility index (Phi) is 4.45. The van der Waals surface area contributed by atoms with Gasteiger partial charge in [0.2, 0.25) is 0 Å². The van der Waals surface area contributed by atoms with Crippen LogP contribution in [0, 0.1) is 6.92 Å². The van der Waals surface area contributed by atoms with Gasteiger partial charge in [-0.15, -0.1) is 0 Å². The Morgan fingerprint density at radius 1 is 1.33 bits per heavy atom. The monoisotopic (exact) mass is 245 g/mol. The van der Waals surface area contributed by atoms with Crippen molar-refractivity contribution in [1.82, 2.24) is 15.3 Å². The van der Waals surface area contributed by atoms with Gasteiger partial charge in [0.25, 0.3) is 5.91 Å². The first kappa shape index (κ1) is 12.7. The Hall–Kier alpha value is -1.71. The van der Waals surface area contributed by atoms with Crippen LogP contribution in [0.15, 0.2) is 24.0 Å². The number of carbonyl (C=O) groups excluding carboxylic acids is 1. The van der Waals surface area contributed by atoms with E-state index in [9.17, 15) is 4.79 Å². The van der Waals surface area contributed by atoms with E-state index < -0.39 is 0 Å². The molecule has 0 saturated heterocycles. The van der Waals surface area contributed by atoms with Crippen LogP contribution >= 0.6 is 0 Å². The van der Waals surface area contributed by atoms with Crippen LogP contribution in [0.5, 0.6) is 0 Å². The number of amides is 1. The average molecular weight is 245 g/mol. The van der Waals surface area contributed by atoms with Crippen molar-refractivity contribution in [2.45, 2.75) is 39.0 Å². The van der Waals surface area contributed by atoms with Gasteiger partial charge in [0.05, 0.1) is 11.9 Å². The average Bonchev–Trinajstić information content (AvgIpc) is 2.40. The predicted molar refractivity (Wildman–Crippen MR) is 70.3 cm³/mol. The molecule has 0 bridgehead atoms. The largest absolute Gasteiger partial charge is 0.350 e. The van der Waals surface area contributed by atoms with Crippen LogP contribution in [0.2, 0.25) is 0 Å². The van der Waals surface area contributed by atoms with E-state index in [0.717, 1.165) is 12.1 Å². The molecule has 0 radical (unpaired) electrons. The van der Waals surface area contributed by atoms with Crippen LogP contribution in [0.1, 0.15) is 48.3 Å². The Balaban J connectivity index is 1.78. The zero-order valence-electron chi connectivity index (χ0n) is 10.8. The molecule has 1 heterocycles. The van der Waals surface area contributed by atoms with Crippen molar-refractivity contribution < 1.29 is 4.79 Å². The van der Waals surface area contributed by atoms with E-state index in [2.05, 4.69) is 21.4 Å². The molecule has 0 aliphatic heterocycles. The molecule has 1 amide bonds. The van der Waals surface area contributed by atoms with E-state index in [1.807, 2.05) is 6.92 Å². The predicted octanol–water partition coefficient (Wildman–Crippen LogP) is 2.41. The van der Waals surface area contributed by atoms with Crippen molar-refractivity contribution in [3.8, 4) is 0 Å². The zero-order valence-corrected chi connectivity index (χ0v) is 10.8. The summed E-state index contributed by atoms with van der Waals surface area (Å²) >= 11 is 0. The van der Waals surface area contributed by atoms with Crippen molar-refractivity contribution in [3.63, 3.8) is 0 Å². The van der Waals surface area contributed by atoms with E-state index in [4.69, 9.17) is 0 Å². The standard InChI is InChI=1S/C14H19N3O/c1-11-9-17-13(10-16-11)14(18)15-8-7-12-5-3-2-4-6-12/h5,9-10H,2-4,6-8H2,1H3,(H,15,18). The van der Waals surface area contributed by atoms with Crippen molar-refractivity contribution >= 4 is 5.91 Å². The van der Waals surface area contributed by atoms with Crippen molar-refractivity contribution in [3.05, 3.63) is 35.4 Å². The number of hydrogen-bond donors (Lipinski definition) is 1. The highest BCUT2D eigenvalue weighted by Crippen LogP contribution is 2.19. The third kappa shape index (κ3) is 3.65. The number of carbonyl (C=O) groups is 1. The van der Waals surface area contributed by atoms with Crippen LogP contribution in [0.4, 0.5) is 0 Å². The van der Waals surface area contributed by atoms with Gasteiger partial charge in [0.15, 0.2) is 0 Å². The summed E-state index contributed by atoms with van der Waals surface area (Å²) in [5, 5.41) is 2.88. The fourth-order valence-electron chi connectivity index (χ4n) is 2.07. The number of hydrogen-bond acceptors (Lipinski definition) is 3. The Morgan fingerprint density at radius 2 is 2.22 bits per heavy atom. The number of aromatic nitrogens is 2. The lowest BCUT2D eigenvalue weighted by atomic mass is 9.97. The van der Waals surface area contributed by atoms with Gasteiger partial charge >= 0.3 is 0 Å². The first-order valence-electron chi connectivity index (χ1n) is 6.50. The fraction of sp³-hybridized carbons (Fsp3) is 0.500. The molecule has 1 aromatic rings. The molecule has 0 saturated carbocycles. The maximum absolute atomic E-state index is 11.8. The molecule has 0 spiro atoms. The Morgan fingerprint density at radius 3 is 2.89 bits per heavy atom. The van der Waals surface area contributed by atoms with E-state index in [0.29, 0.717) is 12.2 Å². The van der Waals surface area contributed by atoms with Gasteiger partial charge < -0.3 is 5.32 Å². The summed E-state index contributed by atoms with van der Waals surface area (Å²) < 4.78 is 0. The molecule has 1 N–H and O–H groups in total. The molecule has 1 aliphatic rings. The van der Waals surface area contributed by atoms with E-state index >= 15 is 0 Å². The van der Waals surface area contributed by atoms with E-state index in [1.165, 1.54) is 37.5 Å². The van der Waals surface area contributed by atoms with Crippen LogP contribution < -0.4 is 5.32 Å². The van der Waals surface area contributed by atoms with Crippen molar-refractivity contribution in [2.75, 3.05) is 6.54 Å². The van der Waals surface area contributed by atoms with Crippen LogP contribution in [-0.2, 0) is 0 Å². The third-order valence-electron chi connectivity index (χ3n) is 3.13. The number of rotatable bonds is 4. The summed E-state index contributed by atoms with van der Waals surface area (Å²) in [4.78, 5) is 19.9. The first-order chi connectivity index (χ1) is 8.75. The lowest BCUT2D eigenvalue weighted by Crippen LogP contribution is -2.26. The first-order valence-corrected chi connectivity index (χ1v) is 6.50. The number of nitrogens with zero attached hydrogens (tertiary/aromatic N) is 2. The minimum absolute atomic E-state index is 0.140. The maximum Gasteiger partial charge on any atom is 0.271 e. The second kappa shape index (κ2) is 6.28. The quantitative estimate of drug-likeness (QED) is 0.829. The van der Waals surface area contributed by atoms with Gasteiger partial charge in [-0.2, -0.15) is 0 Å². The number of nitrogens with one attached hydrogen (secondary N) is 1. The van der Waals surface area contributed by atoms with E-state index in [1.54, 1.807) is 6.20 Å². The van der Waals surface area contributed by atoms with Gasteiger partial charge in [-0.05, 0) is 39.0 Å². The summed E-state index contributed by atoms with van der Waals surface area (Å²) in [6, 6.07) is 0. The molecule has 4 nitrogen and oxygen atoms in total. The molecule has 18 heavy (non-hydrogen) atoms. The zero-order chi connectivity index (χ0) is 12.8. The van der Waals surface area contributed by atoms with Gasteiger partial charge in [0.1, 0.15) is 5.69 Å². The smallest absolute Gasteiger partial charge is 0.271 e. The highest BCUT2D eigenvalue weighted by molar-refractivity contribution is 5.91. The highest BCUT2D eigenvalue weighted by Gasteiger charge is 2.08. The molecule has 0 aromatic carbocycles. The molecule has 4 heteroatoms. The summed E-state index contributed by atoms with van der Waals surface area (Å²) in [6.07, 6.45) is 11.3. The molecule has 0 atom stereocenters. The summed E-state index contributed by atoms with van der Waals surface area (Å²) in [7, 11) is 0. The molecule has 0 fully saturated rings. The van der Waals surface area contributed by atoms with Gasteiger partial charge in [0, 0.05) is 12.7 Å². The SMILES string of the molecule is Cc1cnc(C(=O)NCCC2=CCCCC2)cn1. The topological polar surface area (TPSA) is 54.9 Å². The lowest BCUT2D eigenvalue weighted by Gasteiger charge is -2.12. The maximum atomic E-state index is 11.8. The highest BCUT2D eigenvalue weighted by atomic mass is 16.1. The second-order valence-corrected chi connectivity index (χ2v) is 4.66. The van der Waals surface area contributed by atoms with Crippen molar-refractivity contribution in [2.24, 2.45) is 0 Å². The minimum Gasteiger partial charge on any atom is -0.350 e. The molecule has 0 unspecified atom stereocenters. The van der Waals surface area contributed by atoms with Crippen LogP contribution in [-0.4, -0.2) is 22.4 Å². The Labute approximate surface area is 108 Å². The van der Waals surface area contributed by atoms with Gasteiger partial charge in [-0.25, -0.2) is 4.98 Å². The van der Waals surface area contributed by atoms with Crippen LogP contribution in [0.25, 0.3) is 0 Å². The normalized spacial score (nSPS) is 15.1. The summed E-state index contributed by atoms with van der Waals surface area (Å²) in [6.45, 7) is 2.53. The molecular formula is C14H19N3O. The third-order valence-corrected chi connectivity index (χ3v) is 3.13. The van der Waals surface area contributed by atoms with Gasteiger partial charge in [-0.3, -0.25) is 9.78 Å². The second-order valence-electron chi connectivity index (χ2n) is 4.66. The molecular weight excluding hydrogens is 226 g/mol. The van der Waals surface area contributed by atoms with Gasteiger partial charge in [-0.1, -0.05) is 11.6 Å². The molecule has 96 valence electrons. The Bertz CT molecular complexity index is 437. The van der Waals surface area contributed by atoms with Crippen LogP contribution in [0.3, 0.4) is 0 Å². The van der Waals surface area contributed by atoms with Crippen molar-refractivity contribution in [1.29, 1.82) is 0 Å². The lowest BCUT2D eigenvalue weighted by molar-refractivity contribution is 0.0948. The number of allylic oxidation sites excluding steroid dienone is 1.